The maximum atomic E-state index is 14.1. The maximum Gasteiger partial charge on any atom is 0.343 e. The van der Waals surface area contributed by atoms with E-state index in [9.17, 15) is 19.2 Å². The van der Waals surface area contributed by atoms with E-state index in [0.29, 0.717) is 65.9 Å². The van der Waals surface area contributed by atoms with Crippen molar-refractivity contribution in [3.8, 4) is 23.0 Å². The van der Waals surface area contributed by atoms with E-state index in [4.69, 9.17) is 23.7 Å². The van der Waals surface area contributed by atoms with Gasteiger partial charge in [-0.1, -0.05) is 17.4 Å². The normalized spacial score (nSPS) is 14.2. The molecule has 12 nitrogen and oxygen atoms in total. The third-order valence-corrected chi connectivity index (χ3v) is 8.33. The van der Waals surface area contributed by atoms with Crippen molar-refractivity contribution in [3.63, 3.8) is 0 Å². The van der Waals surface area contributed by atoms with Crippen LogP contribution >= 0.6 is 33.9 Å². The van der Waals surface area contributed by atoms with Crippen LogP contribution in [0.15, 0.2) is 51.4 Å². The van der Waals surface area contributed by atoms with Gasteiger partial charge >= 0.3 is 17.9 Å². The first kappa shape index (κ1) is 34.7. The van der Waals surface area contributed by atoms with Crippen LogP contribution < -0.4 is 33.8 Å². The standard InChI is InChI=1S/C32H33IN2O10S/c1-7-41-23-15-20(10-11-22(23)44-16-26(37)40-6)28-27(31(39)43-9-3)17(4)34-32-35(28)30(38)25(46-32)14-19-12-21(33)29(45-18(5)36)24(13-19)42-8-2/h10-15,28H,7-9,16H2,1-6H3/b25-14+/t28-/m1/s1. The summed E-state index contributed by atoms with van der Waals surface area (Å²) in [7, 11) is 1.26. The van der Waals surface area contributed by atoms with Gasteiger partial charge in [-0.15, -0.1) is 0 Å². The molecule has 4 rings (SSSR count). The molecule has 0 amide bonds. The minimum Gasteiger partial charge on any atom is -0.490 e. The number of halogens is 1. The summed E-state index contributed by atoms with van der Waals surface area (Å²) in [6.07, 6.45) is 1.70. The van der Waals surface area contributed by atoms with Crippen LogP contribution in [0.1, 0.15) is 51.8 Å². The Morgan fingerprint density at radius 1 is 1.00 bits per heavy atom. The van der Waals surface area contributed by atoms with E-state index in [1.165, 1.54) is 18.6 Å². The summed E-state index contributed by atoms with van der Waals surface area (Å²) >= 11 is 3.21. The molecule has 1 atom stereocenters. The molecule has 0 bridgehead atoms. The van der Waals surface area contributed by atoms with E-state index in [1.807, 2.05) is 29.5 Å². The Balaban J connectivity index is 1.90. The number of ether oxygens (including phenoxy) is 6. The van der Waals surface area contributed by atoms with Crippen molar-refractivity contribution in [2.75, 3.05) is 33.5 Å². The van der Waals surface area contributed by atoms with Gasteiger partial charge in [-0.25, -0.2) is 14.6 Å². The molecule has 0 spiro atoms. The number of benzene rings is 2. The second-order valence-corrected chi connectivity index (χ2v) is 11.8. The summed E-state index contributed by atoms with van der Waals surface area (Å²) in [5.41, 5.74) is 1.39. The maximum absolute atomic E-state index is 14.1. The smallest absolute Gasteiger partial charge is 0.343 e. The van der Waals surface area contributed by atoms with Crippen LogP contribution in [-0.2, 0) is 23.9 Å². The molecule has 3 aromatic rings. The van der Waals surface area contributed by atoms with Crippen LogP contribution in [0.2, 0.25) is 0 Å². The quantitative estimate of drug-likeness (QED) is 0.153. The van der Waals surface area contributed by atoms with Crippen molar-refractivity contribution in [2.45, 2.75) is 40.7 Å². The van der Waals surface area contributed by atoms with Crippen LogP contribution in [0.3, 0.4) is 0 Å². The van der Waals surface area contributed by atoms with Crippen LogP contribution in [0.4, 0.5) is 0 Å². The van der Waals surface area contributed by atoms with Gasteiger partial charge in [0, 0.05) is 6.92 Å². The predicted octanol–water partition coefficient (Wildman–Crippen LogP) is 3.68. The largest absolute Gasteiger partial charge is 0.490 e. The van der Waals surface area contributed by atoms with Crippen molar-refractivity contribution in [1.29, 1.82) is 0 Å². The number of nitrogens with zero attached hydrogens (tertiary/aromatic N) is 2. The highest BCUT2D eigenvalue weighted by molar-refractivity contribution is 14.1. The Morgan fingerprint density at radius 3 is 2.37 bits per heavy atom. The number of rotatable bonds is 12. The molecule has 0 saturated carbocycles. The first-order valence-electron chi connectivity index (χ1n) is 14.3. The third kappa shape index (κ3) is 7.61. The molecule has 0 fully saturated rings. The first-order chi connectivity index (χ1) is 22.0. The summed E-state index contributed by atoms with van der Waals surface area (Å²) in [6.45, 7) is 8.73. The number of hydrogen-bond donors (Lipinski definition) is 0. The number of carbonyl (C=O) groups is 3. The zero-order valence-electron chi connectivity index (χ0n) is 26.1. The molecule has 0 radical (unpaired) electrons. The Hall–Kier alpha value is -4.18. The lowest BCUT2D eigenvalue weighted by atomic mass is 9.95. The lowest BCUT2D eigenvalue weighted by Crippen LogP contribution is -2.40. The number of aromatic nitrogens is 1. The van der Waals surface area contributed by atoms with Gasteiger partial charge in [-0.2, -0.15) is 0 Å². The molecule has 2 aromatic carbocycles. The van der Waals surface area contributed by atoms with Gasteiger partial charge < -0.3 is 28.4 Å². The lowest BCUT2D eigenvalue weighted by Gasteiger charge is -2.25. The fourth-order valence-electron chi connectivity index (χ4n) is 4.71. The molecule has 0 saturated heterocycles. The highest BCUT2D eigenvalue weighted by Gasteiger charge is 2.34. The molecule has 1 aromatic heterocycles. The number of allylic oxidation sites excluding steroid dienone is 1. The van der Waals surface area contributed by atoms with Gasteiger partial charge in [-0.05, 0) is 91.8 Å². The van der Waals surface area contributed by atoms with Gasteiger partial charge in [0.2, 0.25) is 0 Å². The molecule has 1 aliphatic heterocycles. The van der Waals surface area contributed by atoms with Crippen molar-refractivity contribution in [1.82, 2.24) is 4.57 Å². The minimum atomic E-state index is -0.906. The molecule has 2 heterocycles. The Morgan fingerprint density at radius 2 is 1.72 bits per heavy atom. The fourth-order valence-corrected chi connectivity index (χ4v) is 6.50. The molecule has 0 aliphatic carbocycles. The van der Waals surface area contributed by atoms with Gasteiger partial charge in [0.1, 0.15) is 0 Å². The van der Waals surface area contributed by atoms with E-state index >= 15 is 0 Å². The molecule has 244 valence electrons. The Labute approximate surface area is 282 Å². The summed E-state index contributed by atoms with van der Waals surface area (Å²) in [6, 6.07) is 7.53. The molecule has 14 heteroatoms. The Bertz CT molecular complexity index is 1880. The van der Waals surface area contributed by atoms with Gasteiger partial charge in [0.25, 0.3) is 5.56 Å². The van der Waals surface area contributed by atoms with Crippen LogP contribution in [-0.4, -0.2) is 56.0 Å². The van der Waals surface area contributed by atoms with Crippen LogP contribution in [0.25, 0.3) is 6.08 Å². The number of thiazole rings is 1. The number of carbonyl (C=O) groups excluding carboxylic acids is 3. The summed E-state index contributed by atoms with van der Waals surface area (Å²) < 4.78 is 35.0. The van der Waals surface area contributed by atoms with E-state index in [0.717, 1.165) is 11.3 Å². The van der Waals surface area contributed by atoms with Crippen LogP contribution in [0, 0.1) is 3.57 Å². The molecular formula is C32H33IN2O10S. The first-order valence-corrected chi connectivity index (χ1v) is 16.2. The number of fused-ring (bicyclic) bond motifs is 1. The average molecular weight is 765 g/mol. The zero-order valence-corrected chi connectivity index (χ0v) is 29.1. The SMILES string of the molecule is CCOC(=O)C1=C(C)N=c2s/c(=C/c3cc(I)c(OC(C)=O)c(OCC)c3)c(=O)n2[C@@H]1c1ccc(OCC(=O)OC)c(OCC)c1. The molecular weight excluding hydrogens is 731 g/mol. The van der Waals surface area contributed by atoms with Gasteiger partial charge in [-0.3, -0.25) is 14.2 Å². The minimum absolute atomic E-state index is 0.126. The second-order valence-electron chi connectivity index (χ2n) is 9.66. The number of esters is 3. The van der Waals surface area contributed by atoms with E-state index in [1.54, 1.807) is 57.2 Å². The summed E-state index contributed by atoms with van der Waals surface area (Å²) in [5, 5.41) is 0. The molecule has 46 heavy (non-hydrogen) atoms. The highest BCUT2D eigenvalue weighted by Crippen LogP contribution is 2.37. The van der Waals surface area contributed by atoms with Gasteiger partial charge in [0.15, 0.2) is 34.4 Å². The summed E-state index contributed by atoms with van der Waals surface area (Å²) in [4.78, 5) is 55.8. The van der Waals surface area contributed by atoms with Crippen molar-refractivity contribution < 1.29 is 42.8 Å². The summed E-state index contributed by atoms with van der Waals surface area (Å²) in [5.74, 6) is -0.390. The van der Waals surface area contributed by atoms with Crippen molar-refractivity contribution in [2.24, 2.45) is 4.99 Å². The highest BCUT2D eigenvalue weighted by atomic mass is 127. The molecule has 0 unspecified atom stereocenters. The van der Waals surface area contributed by atoms with Crippen LogP contribution in [0.5, 0.6) is 23.0 Å². The number of methoxy groups -OCH3 is 1. The molecule has 1 aliphatic rings. The van der Waals surface area contributed by atoms with Crippen molar-refractivity contribution in [3.05, 3.63) is 76.0 Å². The second kappa shape index (κ2) is 15.4. The third-order valence-electron chi connectivity index (χ3n) is 6.55. The van der Waals surface area contributed by atoms with E-state index in [2.05, 4.69) is 9.73 Å². The van der Waals surface area contributed by atoms with Gasteiger partial charge in [0.05, 0.1) is 52.3 Å². The molecule has 0 N–H and O–H groups in total. The topological polar surface area (TPSA) is 141 Å². The predicted molar refractivity (Wildman–Crippen MR) is 177 cm³/mol. The lowest BCUT2D eigenvalue weighted by molar-refractivity contribution is -0.143. The van der Waals surface area contributed by atoms with E-state index in [-0.39, 0.29) is 24.3 Å². The Kier molecular flexibility index (Phi) is 11.6. The van der Waals surface area contributed by atoms with E-state index < -0.39 is 23.9 Å². The monoisotopic (exact) mass is 764 g/mol. The number of hydrogen-bond acceptors (Lipinski definition) is 12. The zero-order chi connectivity index (χ0) is 33.5. The fraction of sp³-hybridized carbons (Fsp3) is 0.344. The van der Waals surface area contributed by atoms with Crippen molar-refractivity contribution >= 4 is 57.9 Å². The average Bonchev–Trinajstić information content (AvgIpc) is 3.31.